The molecule has 1 atom stereocenters. The molecule has 0 spiro atoms. The molecule has 1 aromatic heterocycles. The molecule has 6 nitrogen and oxygen atoms in total. The molecule has 24 heavy (non-hydrogen) atoms. The molecule has 0 radical (unpaired) electrons. The second-order valence-electron chi connectivity index (χ2n) is 5.12. The van der Waals surface area contributed by atoms with Crippen molar-refractivity contribution in [3.63, 3.8) is 0 Å². The number of aliphatic carboxylic acids is 1. The second kappa shape index (κ2) is 8.31. The van der Waals surface area contributed by atoms with Gasteiger partial charge in [-0.15, -0.1) is 0 Å². The summed E-state index contributed by atoms with van der Waals surface area (Å²) in [5, 5.41) is 12.4. The summed E-state index contributed by atoms with van der Waals surface area (Å²) in [6.07, 6.45) is 1.42. The van der Waals surface area contributed by atoms with Crippen LogP contribution < -0.4 is 10.1 Å². The van der Waals surface area contributed by atoms with E-state index in [1.807, 2.05) is 0 Å². The number of hydrogen-bond donors (Lipinski definition) is 2. The van der Waals surface area contributed by atoms with Crippen LogP contribution in [0.5, 0.6) is 5.88 Å². The molecule has 126 valence electrons. The molecule has 2 rings (SSSR count). The summed E-state index contributed by atoms with van der Waals surface area (Å²) in [6, 6.07) is 10.1. The third-order valence-electron chi connectivity index (χ3n) is 3.48. The van der Waals surface area contributed by atoms with E-state index in [9.17, 15) is 9.59 Å². The zero-order chi connectivity index (χ0) is 17.5. The van der Waals surface area contributed by atoms with Crippen LogP contribution in [-0.4, -0.2) is 35.6 Å². The van der Waals surface area contributed by atoms with Gasteiger partial charge in [0.2, 0.25) is 5.88 Å². The van der Waals surface area contributed by atoms with Gasteiger partial charge in [-0.25, -0.2) is 4.98 Å². The van der Waals surface area contributed by atoms with E-state index in [1.54, 1.807) is 36.4 Å². The van der Waals surface area contributed by atoms with Crippen LogP contribution in [-0.2, 0) is 4.79 Å². The molecule has 0 aliphatic carbocycles. The van der Waals surface area contributed by atoms with Crippen molar-refractivity contribution in [2.45, 2.75) is 12.3 Å². The topological polar surface area (TPSA) is 88.5 Å². The Morgan fingerprint density at radius 2 is 2.00 bits per heavy atom. The zero-order valence-electron chi connectivity index (χ0n) is 13.0. The van der Waals surface area contributed by atoms with Gasteiger partial charge >= 0.3 is 5.97 Å². The highest BCUT2D eigenvalue weighted by atomic mass is 35.5. The van der Waals surface area contributed by atoms with E-state index < -0.39 is 5.97 Å². The van der Waals surface area contributed by atoms with Crippen LogP contribution in [0.3, 0.4) is 0 Å². The Kier molecular flexibility index (Phi) is 6.14. The number of rotatable bonds is 7. The van der Waals surface area contributed by atoms with Crippen LogP contribution in [0.4, 0.5) is 0 Å². The predicted molar refractivity (Wildman–Crippen MR) is 89.6 cm³/mol. The van der Waals surface area contributed by atoms with Gasteiger partial charge < -0.3 is 15.2 Å². The molecule has 0 saturated heterocycles. The fourth-order valence-electron chi connectivity index (χ4n) is 2.29. The van der Waals surface area contributed by atoms with Gasteiger partial charge in [0.05, 0.1) is 13.5 Å². The maximum Gasteiger partial charge on any atom is 0.304 e. The molecular weight excluding hydrogens is 332 g/mol. The highest BCUT2D eigenvalue weighted by molar-refractivity contribution is 6.30. The lowest BCUT2D eigenvalue weighted by Gasteiger charge is -2.17. The van der Waals surface area contributed by atoms with Crippen LogP contribution >= 0.6 is 11.6 Å². The minimum atomic E-state index is -0.942. The summed E-state index contributed by atoms with van der Waals surface area (Å²) in [5.74, 6) is -1.46. The quantitative estimate of drug-likeness (QED) is 0.803. The average molecular weight is 349 g/mol. The Morgan fingerprint density at radius 1 is 1.29 bits per heavy atom. The summed E-state index contributed by atoms with van der Waals surface area (Å²) in [6.45, 7) is 0.171. The lowest BCUT2D eigenvalue weighted by Crippen LogP contribution is -2.29. The van der Waals surface area contributed by atoms with E-state index in [4.69, 9.17) is 21.4 Å². The third kappa shape index (κ3) is 4.70. The number of pyridine rings is 1. The summed E-state index contributed by atoms with van der Waals surface area (Å²) in [5.41, 5.74) is 1.09. The number of hydrogen-bond acceptors (Lipinski definition) is 4. The van der Waals surface area contributed by atoms with Crippen molar-refractivity contribution in [2.75, 3.05) is 13.7 Å². The fraction of sp³-hybridized carbons (Fsp3) is 0.235. The number of carbonyl (C=O) groups is 2. The van der Waals surface area contributed by atoms with Gasteiger partial charge in [0.25, 0.3) is 5.91 Å². The zero-order valence-corrected chi connectivity index (χ0v) is 13.8. The van der Waals surface area contributed by atoms with Gasteiger partial charge in [-0.2, -0.15) is 0 Å². The Labute approximate surface area is 144 Å². The van der Waals surface area contributed by atoms with Gasteiger partial charge in [-0.1, -0.05) is 23.7 Å². The Bertz CT molecular complexity index is 719. The Balaban J connectivity index is 2.11. The van der Waals surface area contributed by atoms with E-state index in [1.165, 1.54) is 13.3 Å². The first-order valence-electron chi connectivity index (χ1n) is 7.25. The van der Waals surface area contributed by atoms with Crippen molar-refractivity contribution in [1.82, 2.24) is 10.3 Å². The highest BCUT2D eigenvalue weighted by Crippen LogP contribution is 2.22. The number of carbonyl (C=O) groups excluding carboxylic acids is 1. The van der Waals surface area contributed by atoms with E-state index in [0.717, 1.165) is 5.56 Å². The first kappa shape index (κ1) is 17.7. The molecule has 0 aliphatic heterocycles. The van der Waals surface area contributed by atoms with Crippen molar-refractivity contribution >= 4 is 23.5 Å². The Hall–Kier alpha value is -2.60. The normalized spacial score (nSPS) is 11.6. The van der Waals surface area contributed by atoms with E-state index >= 15 is 0 Å². The molecule has 0 fully saturated rings. The highest BCUT2D eigenvalue weighted by Gasteiger charge is 2.19. The van der Waals surface area contributed by atoms with E-state index in [-0.39, 0.29) is 30.7 Å². The average Bonchev–Trinajstić information content (AvgIpc) is 2.58. The number of amides is 1. The second-order valence-corrected chi connectivity index (χ2v) is 5.55. The van der Waals surface area contributed by atoms with Crippen molar-refractivity contribution in [3.8, 4) is 5.88 Å². The molecule has 1 amide bonds. The molecule has 0 saturated carbocycles. The minimum Gasteiger partial charge on any atom is -0.481 e. The van der Waals surface area contributed by atoms with Crippen LogP contribution in [0.1, 0.15) is 28.3 Å². The molecule has 1 aromatic carbocycles. The number of aromatic nitrogens is 1. The first-order valence-corrected chi connectivity index (χ1v) is 7.63. The number of benzene rings is 1. The van der Waals surface area contributed by atoms with Gasteiger partial charge in [0.15, 0.2) is 0 Å². The number of carboxylic acids is 1. The molecule has 0 bridgehead atoms. The monoisotopic (exact) mass is 348 g/mol. The minimum absolute atomic E-state index is 0.105. The van der Waals surface area contributed by atoms with Gasteiger partial charge in [-0.05, 0) is 29.8 Å². The molecule has 2 aromatic rings. The summed E-state index contributed by atoms with van der Waals surface area (Å²) in [4.78, 5) is 27.4. The smallest absolute Gasteiger partial charge is 0.304 e. The number of methoxy groups -OCH3 is 1. The number of halogens is 1. The largest absolute Gasteiger partial charge is 0.481 e. The maximum atomic E-state index is 12.3. The molecular formula is C17H17ClN2O4. The molecule has 2 N–H and O–H groups in total. The van der Waals surface area contributed by atoms with Crippen molar-refractivity contribution in [3.05, 3.63) is 58.7 Å². The third-order valence-corrected chi connectivity index (χ3v) is 3.73. The van der Waals surface area contributed by atoms with Crippen LogP contribution in [0.25, 0.3) is 0 Å². The molecule has 7 heteroatoms. The van der Waals surface area contributed by atoms with E-state index in [2.05, 4.69) is 10.3 Å². The first-order chi connectivity index (χ1) is 11.5. The van der Waals surface area contributed by atoms with Crippen LogP contribution in [0.15, 0.2) is 42.6 Å². The number of carboxylic acid groups (broad SMARTS) is 1. The van der Waals surface area contributed by atoms with Gasteiger partial charge in [-0.3, -0.25) is 9.59 Å². The SMILES string of the molecule is COc1ncccc1C(=O)NC[C@H](CC(=O)O)c1ccc(Cl)cc1. The molecule has 1 heterocycles. The summed E-state index contributed by atoms with van der Waals surface area (Å²) < 4.78 is 5.05. The number of nitrogens with zero attached hydrogens (tertiary/aromatic N) is 1. The maximum absolute atomic E-state index is 12.3. The lowest BCUT2D eigenvalue weighted by atomic mass is 9.95. The van der Waals surface area contributed by atoms with Crippen molar-refractivity contribution < 1.29 is 19.4 Å². The summed E-state index contributed by atoms with van der Waals surface area (Å²) in [7, 11) is 1.43. The van der Waals surface area contributed by atoms with Gasteiger partial charge in [0.1, 0.15) is 5.56 Å². The fourth-order valence-corrected chi connectivity index (χ4v) is 2.42. The number of nitrogens with one attached hydrogen (secondary N) is 1. The molecule has 0 aliphatic rings. The van der Waals surface area contributed by atoms with Crippen LogP contribution in [0.2, 0.25) is 5.02 Å². The molecule has 0 unspecified atom stereocenters. The van der Waals surface area contributed by atoms with Crippen molar-refractivity contribution in [2.24, 2.45) is 0 Å². The van der Waals surface area contributed by atoms with Crippen molar-refractivity contribution in [1.29, 1.82) is 0 Å². The number of ether oxygens (including phenoxy) is 1. The predicted octanol–water partition coefficient (Wildman–Crippen LogP) is 2.73. The van der Waals surface area contributed by atoms with Crippen LogP contribution in [0, 0.1) is 0 Å². The summed E-state index contributed by atoms with van der Waals surface area (Å²) >= 11 is 5.86. The standard InChI is InChI=1S/C17H17ClN2O4/c1-24-17-14(3-2-8-19-17)16(23)20-10-12(9-15(21)22)11-4-6-13(18)7-5-11/h2-8,12H,9-10H2,1H3,(H,20,23)(H,21,22)/t12-/m0/s1. The van der Waals surface area contributed by atoms with E-state index in [0.29, 0.717) is 10.6 Å². The lowest BCUT2D eigenvalue weighted by molar-refractivity contribution is -0.137. The van der Waals surface area contributed by atoms with Gasteiger partial charge in [0, 0.05) is 23.7 Å². The Morgan fingerprint density at radius 3 is 2.62 bits per heavy atom.